The Morgan fingerprint density at radius 3 is 2.69 bits per heavy atom. The maximum absolute atomic E-state index is 9.28. The Morgan fingerprint density at radius 2 is 2.00 bits per heavy atom. The van der Waals surface area contributed by atoms with Gasteiger partial charge in [-0.1, -0.05) is 31.1 Å². The molecule has 2 rings (SSSR count). The Morgan fingerprint density at radius 1 is 1.25 bits per heavy atom. The van der Waals surface area contributed by atoms with Crippen LogP contribution in [0.1, 0.15) is 43.6 Å². The molecular weight excluding hydrogens is 196 g/mol. The molecule has 1 aromatic carbocycles. The lowest BCUT2D eigenvalue weighted by atomic mass is 9.77. The highest BCUT2D eigenvalue weighted by Gasteiger charge is 2.22. The zero-order valence-electron chi connectivity index (χ0n) is 9.73. The largest absolute Gasteiger partial charge is 0.508 e. The summed E-state index contributed by atoms with van der Waals surface area (Å²) >= 11 is 0. The van der Waals surface area contributed by atoms with Gasteiger partial charge in [0.1, 0.15) is 5.75 Å². The number of phenolic OH excluding ortho intramolecular Hbond substituents is 1. The number of benzene rings is 1. The van der Waals surface area contributed by atoms with Gasteiger partial charge in [0.05, 0.1) is 0 Å². The van der Waals surface area contributed by atoms with E-state index in [1.54, 1.807) is 12.1 Å². The van der Waals surface area contributed by atoms with E-state index in [4.69, 9.17) is 0 Å². The van der Waals surface area contributed by atoms with Crippen LogP contribution in [-0.2, 0) is 0 Å². The van der Waals surface area contributed by atoms with Crippen molar-refractivity contribution >= 4 is 0 Å². The normalized spacial score (nSPS) is 25.2. The van der Waals surface area contributed by atoms with E-state index in [0.717, 1.165) is 12.3 Å². The van der Waals surface area contributed by atoms with Crippen LogP contribution in [0.25, 0.3) is 0 Å². The zero-order chi connectivity index (χ0) is 11.4. The van der Waals surface area contributed by atoms with Gasteiger partial charge in [0, 0.05) is 0 Å². The highest BCUT2D eigenvalue weighted by molar-refractivity contribution is 5.28. The molecule has 16 heavy (non-hydrogen) atoms. The average molecular weight is 216 g/mol. The molecule has 1 fully saturated rings. The van der Waals surface area contributed by atoms with Crippen LogP contribution in [0.2, 0.25) is 0 Å². The molecule has 1 nitrogen and oxygen atoms in total. The van der Waals surface area contributed by atoms with Crippen molar-refractivity contribution in [1.82, 2.24) is 0 Å². The van der Waals surface area contributed by atoms with Crippen molar-refractivity contribution in [2.45, 2.75) is 38.0 Å². The van der Waals surface area contributed by atoms with Gasteiger partial charge < -0.3 is 5.11 Å². The fourth-order valence-electron chi connectivity index (χ4n) is 2.79. The zero-order valence-corrected chi connectivity index (χ0v) is 9.73. The van der Waals surface area contributed by atoms with E-state index in [1.165, 1.54) is 31.2 Å². The van der Waals surface area contributed by atoms with Crippen LogP contribution in [0.4, 0.5) is 0 Å². The lowest BCUT2D eigenvalue weighted by molar-refractivity contribution is 0.324. The Kier molecular flexibility index (Phi) is 3.66. The van der Waals surface area contributed by atoms with Crippen LogP contribution in [0, 0.1) is 5.92 Å². The highest BCUT2D eigenvalue weighted by Crippen LogP contribution is 2.37. The van der Waals surface area contributed by atoms with Crippen LogP contribution in [0.3, 0.4) is 0 Å². The molecule has 0 spiro atoms. The summed E-state index contributed by atoms with van der Waals surface area (Å²) in [6, 6.07) is 7.73. The van der Waals surface area contributed by atoms with Gasteiger partial charge in [-0.3, -0.25) is 0 Å². The maximum atomic E-state index is 9.28. The molecule has 0 aromatic heterocycles. The van der Waals surface area contributed by atoms with Crippen LogP contribution >= 0.6 is 0 Å². The van der Waals surface area contributed by atoms with Gasteiger partial charge >= 0.3 is 0 Å². The number of allylic oxidation sites excluding steroid dienone is 1. The lowest BCUT2D eigenvalue weighted by Crippen LogP contribution is -2.13. The van der Waals surface area contributed by atoms with Crippen molar-refractivity contribution in [2.75, 3.05) is 0 Å². The van der Waals surface area contributed by atoms with Gasteiger partial charge in [-0.05, 0) is 48.8 Å². The van der Waals surface area contributed by atoms with Gasteiger partial charge in [-0.15, -0.1) is 6.58 Å². The van der Waals surface area contributed by atoms with Gasteiger partial charge in [-0.2, -0.15) is 0 Å². The van der Waals surface area contributed by atoms with Crippen LogP contribution in [0.5, 0.6) is 5.75 Å². The first-order chi connectivity index (χ1) is 7.79. The Bertz CT molecular complexity index is 339. The Hall–Kier alpha value is -1.24. The molecular formula is C15H20O. The molecule has 86 valence electrons. The number of aromatic hydroxyl groups is 1. The Balaban J connectivity index is 2.03. The first kappa shape index (κ1) is 11.3. The summed E-state index contributed by atoms with van der Waals surface area (Å²) in [7, 11) is 0. The lowest BCUT2D eigenvalue weighted by Gasteiger charge is -2.28. The number of phenols is 1. The molecule has 0 saturated heterocycles. The van der Waals surface area contributed by atoms with Crippen LogP contribution in [-0.4, -0.2) is 5.11 Å². The molecule has 2 unspecified atom stereocenters. The fourth-order valence-corrected chi connectivity index (χ4v) is 2.79. The summed E-state index contributed by atoms with van der Waals surface area (Å²) in [5.74, 6) is 1.85. The summed E-state index contributed by atoms with van der Waals surface area (Å²) in [4.78, 5) is 0. The number of hydrogen-bond acceptors (Lipinski definition) is 1. The number of hydrogen-bond donors (Lipinski definition) is 1. The van der Waals surface area contributed by atoms with Crippen molar-refractivity contribution < 1.29 is 5.11 Å². The van der Waals surface area contributed by atoms with Gasteiger partial charge in [-0.25, -0.2) is 0 Å². The van der Waals surface area contributed by atoms with Gasteiger partial charge in [0.2, 0.25) is 0 Å². The van der Waals surface area contributed by atoms with Gasteiger partial charge in [0.15, 0.2) is 0 Å². The average Bonchev–Trinajstić information content (AvgIpc) is 2.31. The smallest absolute Gasteiger partial charge is 0.115 e. The third kappa shape index (κ3) is 2.66. The van der Waals surface area contributed by atoms with E-state index in [-0.39, 0.29) is 0 Å². The molecule has 1 N–H and O–H groups in total. The third-order valence-corrected chi connectivity index (χ3v) is 3.65. The minimum Gasteiger partial charge on any atom is -0.508 e. The molecule has 0 amide bonds. The molecule has 1 aliphatic carbocycles. The first-order valence-corrected chi connectivity index (χ1v) is 6.19. The topological polar surface area (TPSA) is 20.2 Å². The molecule has 2 atom stereocenters. The quantitative estimate of drug-likeness (QED) is 0.749. The Labute approximate surface area is 97.8 Å². The summed E-state index contributed by atoms with van der Waals surface area (Å²) in [5, 5.41) is 9.28. The molecule has 1 saturated carbocycles. The summed E-state index contributed by atoms with van der Waals surface area (Å²) < 4.78 is 0. The first-order valence-electron chi connectivity index (χ1n) is 6.19. The third-order valence-electron chi connectivity index (χ3n) is 3.65. The predicted octanol–water partition coefficient (Wildman–Crippen LogP) is 4.24. The summed E-state index contributed by atoms with van der Waals surface area (Å²) in [6.45, 7) is 3.83. The van der Waals surface area contributed by atoms with E-state index >= 15 is 0 Å². The minimum absolute atomic E-state index is 0.363. The van der Waals surface area contributed by atoms with Crippen molar-refractivity contribution in [3.05, 3.63) is 42.5 Å². The second-order valence-electron chi connectivity index (χ2n) is 4.85. The highest BCUT2D eigenvalue weighted by atomic mass is 16.3. The van der Waals surface area contributed by atoms with E-state index in [2.05, 4.69) is 18.7 Å². The molecule has 1 aromatic rings. The standard InChI is InChI=1S/C15H20O/c1-2-4-12-5-3-6-14(11-12)13-7-9-15(16)10-8-13/h2,7-10,12,14,16H,1,3-6,11H2. The summed E-state index contributed by atoms with van der Waals surface area (Å²) in [6.07, 6.45) is 8.43. The minimum atomic E-state index is 0.363. The van der Waals surface area contributed by atoms with E-state index in [0.29, 0.717) is 11.7 Å². The maximum Gasteiger partial charge on any atom is 0.115 e. The monoisotopic (exact) mass is 216 g/mol. The van der Waals surface area contributed by atoms with Crippen molar-refractivity contribution in [3.63, 3.8) is 0 Å². The predicted molar refractivity (Wildman–Crippen MR) is 67.6 cm³/mol. The van der Waals surface area contributed by atoms with Crippen LogP contribution in [0.15, 0.2) is 36.9 Å². The van der Waals surface area contributed by atoms with Crippen molar-refractivity contribution in [3.8, 4) is 5.75 Å². The second kappa shape index (κ2) is 5.20. The van der Waals surface area contributed by atoms with E-state index < -0.39 is 0 Å². The number of rotatable bonds is 3. The molecule has 1 aliphatic rings. The van der Waals surface area contributed by atoms with Crippen LogP contribution < -0.4 is 0 Å². The van der Waals surface area contributed by atoms with E-state index in [1.807, 2.05) is 6.08 Å². The summed E-state index contributed by atoms with van der Waals surface area (Å²) in [5.41, 5.74) is 1.38. The van der Waals surface area contributed by atoms with Gasteiger partial charge in [0.25, 0.3) is 0 Å². The molecule has 0 bridgehead atoms. The second-order valence-corrected chi connectivity index (χ2v) is 4.85. The fraction of sp³-hybridized carbons (Fsp3) is 0.467. The van der Waals surface area contributed by atoms with E-state index in [9.17, 15) is 5.11 Å². The molecule has 1 heteroatoms. The SMILES string of the molecule is C=CCC1CCCC(c2ccc(O)cc2)C1. The van der Waals surface area contributed by atoms with Crippen molar-refractivity contribution in [1.29, 1.82) is 0 Å². The molecule has 0 heterocycles. The molecule has 0 radical (unpaired) electrons. The van der Waals surface area contributed by atoms with Crippen molar-refractivity contribution in [2.24, 2.45) is 5.92 Å². The molecule has 0 aliphatic heterocycles.